The Morgan fingerprint density at radius 3 is 2.88 bits per heavy atom. The van der Waals surface area contributed by atoms with Gasteiger partial charge >= 0.3 is 0 Å². The van der Waals surface area contributed by atoms with Crippen LogP contribution in [0.4, 0.5) is 8.78 Å². The molecule has 1 saturated carbocycles. The number of hydrogen-bond donors (Lipinski definition) is 2. The maximum absolute atomic E-state index is 13.8. The maximum Gasteiger partial charge on any atom is 0.223 e. The molecule has 0 saturated heterocycles. The summed E-state index contributed by atoms with van der Waals surface area (Å²) in [5.74, 6) is -1.38. The zero-order chi connectivity index (χ0) is 18.0. The Balaban J connectivity index is 1.56. The van der Waals surface area contributed by atoms with Crippen LogP contribution in [0.5, 0.6) is 5.75 Å². The molecular formula is C19H19F2NO3. The SMILES string of the molecule is COc1cccc([C@H](O)CNC(=O)[C@@H]2C[C@@H]2c2cc(F)ccc2F)c1. The Bertz CT molecular complexity index is 781. The minimum Gasteiger partial charge on any atom is -0.497 e. The van der Waals surface area contributed by atoms with Crippen molar-refractivity contribution in [3.05, 3.63) is 65.2 Å². The number of benzene rings is 2. The molecule has 132 valence electrons. The average Bonchev–Trinajstić information content (AvgIpc) is 3.42. The third kappa shape index (κ3) is 3.96. The number of carbonyl (C=O) groups excluding carboxylic acids is 1. The Morgan fingerprint density at radius 1 is 1.32 bits per heavy atom. The van der Waals surface area contributed by atoms with Crippen LogP contribution in [0.25, 0.3) is 0 Å². The van der Waals surface area contributed by atoms with Crippen LogP contribution in [-0.4, -0.2) is 24.7 Å². The van der Waals surface area contributed by atoms with Gasteiger partial charge in [0.15, 0.2) is 0 Å². The van der Waals surface area contributed by atoms with E-state index in [1.165, 1.54) is 7.11 Å². The molecule has 1 fully saturated rings. The van der Waals surface area contributed by atoms with Crippen molar-refractivity contribution in [1.82, 2.24) is 5.32 Å². The van der Waals surface area contributed by atoms with Gasteiger partial charge in [0.1, 0.15) is 17.4 Å². The van der Waals surface area contributed by atoms with E-state index in [9.17, 15) is 18.7 Å². The molecule has 0 bridgehead atoms. The van der Waals surface area contributed by atoms with Crippen molar-refractivity contribution in [2.24, 2.45) is 5.92 Å². The summed E-state index contributed by atoms with van der Waals surface area (Å²) in [5, 5.41) is 12.8. The van der Waals surface area contributed by atoms with Gasteiger partial charge in [-0.1, -0.05) is 12.1 Å². The molecule has 4 nitrogen and oxygen atoms in total. The molecule has 0 spiro atoms. The lowest BCUT2D eigenvalue weighted by molar-refractivity contribution is -0.122. The summed E-state index contributed by atoms with van der Waals surface area (Å²) in [6, 6.07) is 10.2. The fourth-order valence-corrected chi connectivity index (χ4v) is 2.92. The first-order chi connectivity index (χ1) is 12.0. The van der Waals surface area contributed by atoms with E-state index in [1.54, 1.807) is 24.3 Å². The molecule has 3 rings (SSSR count). The zero-order valence-electron chi connectivity index (χ0n) is 13.7. The van der Waals surface area contributed by atoms with Crippen molar-refractivity contribution in [3.63, 3.8) is 0 Å². The van der Waals surface area contributed by atoms with E-state index >= 15 is 0 Å². The molecule has 1 amide bonds. The molecule has 1 aliphatic rings. The Kier molecular flexibility index (Phi) is 4.99. The van der Waals surface area contributed by atoms with Gasteiger partial charge < -0.3 is 15.2 Å². The number of ether oxygens (including phenoxy) is 1. The second-order valence-corrected chi connectivity index (χ2v) is 6.15. The standard InChI is InChI=1S/C19H19F2NO3/c1-25-13-4-2-3-11(7-13)18(23)10-22-19(24)16-9-14(16)15-8-12(20)5-6-17(15)21/h2-8,14,16,18,23H,9-10H2,1H3,(H,22,24)/t14-,16-,18-/m1/s1. The lowest BCUT2D eigenvalue weighted by Gasteiger charge is -2.13. The van der Waals surface area contributed by atoms with Crippen LogP contribution in [0.3, 0.4) is 0 Å². The first-order valence-electron chi connectivity index (χ1n) is 8.04. The van der Waals surface area contributed by atoms with Crippen molar-refractivity contribution in [1.29, 1.82) is 0 Å². The van der Waals surface area contributed by atoms with Gasteiger partial charge in [-0.2, -0.15) is 0 Å². The summed E-state index contributed by atoms with van der Waals surface area (Å²) in [7, 11) is 1.53. The van der Waals surface area contributed by atoms with Gasteiger partial charge in [0, 0.05) is 12.5 Å². The van der Waals surface area contributed by atoms with E-state index in [-0.39, 0.29) is 23.9 Å². The molecule has 0 heterocycles. The number of amides is 1. The molecule has 25 heavy (non-hydrogen) atoms. The van der Waals surface area contributed by atoms with Crippen molar-refractivity contribution in [3.8, 4) is 5.75 Å². The molecular weight excluding hydrogens is 328 g/mol. The van der Waals surface area contributed by atoms with Crippen LogP contribution < -0.4 is 10.1 Å². The number of aliphatic hydroxyl groups is 1. The molecule has 0 aromatic heterocycles. The number of nitrogens with one attached hydrogen (secondary N) is 1. The highest BCUT2D eigenvalue weighted by Crippen LogP contribution is 2.48. The van der Waals surface area contributed by atoms with Crippen molar-refractivity contribution < 1.29 is 23.4 Å². The molecule has 0 unspecified atom stereocenters. The highest BCUT2D eigenvalue weighted by Gasteiger charge is 2.45. The number of rotatable bonds is 6. The number of methoxy groups -OCH3 is 1. The first-order valence-corrected chi connectivity index (χ1v) is 8.04. The van der Waals surface area contributed by atoms with Gasteiger partial charge in [0.05, 0.1) is 13.2 Å². The lowest BCUT2D eigenvalue weighted by atomic mass is 10.1. The lowest BCUT2D eigenvalue weighted by Crippen LogP contribution is -2.30. The normalized spacial score (nSPS) is 20.0. The van der Waals surface area contributed by atoms with E-state index in [0.717, 1.165) is 18.2 Å². The van der Waals surface area contributed by atoms with Gasteiger partial charge in [0.2, 0.25) is 5.91 Å². The fraction of sp³-hybridized carbons (Fsp3) is 0.316. The molecule has 1 aliphatic carbocycles. The Morgan fingerprint density at radius 2 is 2.12 bits per heavy atom. The van der Waals surface area contributed by atoms with E-state index in [1.807, 2.05) is 0 Å². The largest absolute Gasteiger partial charge is 0.497 e. The van der Waals surface area contributed by atoms with E-state index in [2.05, 4.69) is 5.32 Å². The zero-order valence-corrected chi connectivity index (χ0v) is 13.7. The molecule has 0 radical (unpaired) electrons. The second kappa shape index (κ2) is 7.19. The van der Waals surface area contributed by atoms with Crippen LogP contribution >= 0.6 is 0 Å². The van der Waals surface area contributed by atoms with E-state index in [0.29, 0.717) is 17.7 Å². The number of aliphatic hydroxyl groups excluding tert-OH is 1. The molecule has 6 heteroatoms. The molecule has 2 aromatic rings. The third-order valence-electron chi connectivity index (χ3n) is 4.43. The summed E-state index contributed by atoms with van der Waals surface area (Å²) < 4.78 is 32.1. The second-order valence-electron chi connectivity index (χ2n) is 6.15. The van der Waals surface area contributed by atoms with Crippen LogP contribution in [0.15, 0.2) is 42.5 Å². The summed E-state index contributed by atoms with van der Waals surface area (Å²) in [6.07, 6.45) is -0.399. The number of halogens is 2. The molecule has 2 aromatic carbocycles. The highest BCUT2D eigenvalue weighted by molar-refractivity contribution is 5.82. The van der Waals surface area contributed by atoms with E-state index < -0.39 is 23.7 Å². The smallest absolute Gasteiger partial charge is 0.223 e. The number of carbonyl (C=O) groups is 1. The van der Waals surface area contributed by atoms with E-state index in [4.69, 9.17) is 4.74 Å². The Labute approximate surface area is 144 Å². The van der Waals surface area contributed by atoms with Crippen molar-refractivity contribution in [2.75, 3.05) is 13.7 Å². The fourth-order valence-electron chi connectivity index (χ4n) is 2.92. The summed E-state index contributed by atoms with van der Waals surface area (Å²) in [5.41, 5.74) is 0.858. The third-order valence-corrected chi connectivity index (χ3v) is 4.43. The van der Waals surface area contributed by atoms with Gasteiger partial charge in [-0.25, -0.2) is 8.78 Å². The van der Waals surface area contributed by atoms with Gasteiger partial charge in [-0.3, -0.25) is 4.79 Å². The predicted octanol–water partition coefficient (Wildman–Crippen LogP) is 2.93. The van der Waals surface area contributed by atoms with Crippen molar-refractivity contribution >= 4 is 5.91 Å². The van der Waals surface area contributed by atoms with Crippen LogP contribution in [-0.2, 0) is 4.79 Å². The van der Waals surface area contributed by atoms with Gasteiger partial charge in [-0.15, -0.1) is 0 Å². The molecule has 0 aliphatic heterocycles. The topological polar surface area (TPSA) is 58.6 Å². The van der Waals surface area contributed by atoms with Gasteiger partial charge in [0.25, 0.3) is 0 Å². The Hall–Kier alpha value is -2.47. The summed E-state index contributed by atoms with van der Waals surface area (Å²) in [4.78, 5) is 12.2. The first kappa shape index (κ1) is 17.4. The molecule has 3 atom stereocenters. The minimum absolute atomic E-state index is 0.0425. The van der Waals surface area contributed by atoms with Crippen molar-refractivity contribution in [2.45, 2.75) is 18.4 Å². The van der Waals surface area contributed by atoms with Crippen LogP contribution in [0.1, 0.15) is 29.6 Å². The minimum atomic E-state index is -0.873. The van der Waals surface area contributed by atoms with Crippen LogP contribution in [0.2, 0.25) is 0 Å². The highest BCUT2D eigenvalue weighted by atomic mass is 19.1. The number of hydrogen-bond acceptors (Lipinski definition) is 3. The monoisotopic (exact) mass is 347 g/mol. The quantitative estimate of drug-likeness (QED) is 0.845. The molecule has 2 N–H and O–H groups in total. The summed E-state index contributed by atoms with van der Waals surface area (Å²) in [6.45, 7) is 0.0425. The van der Waals surface area contributed by atoms with Crippen LogP contribution in [0, 0.1) is 17.6 Å². The average molecular weight is 347 g/mol. The summed E-state index contributed by atoms with van der Waals surface area (Å²) >= 11 is 0. The predicted molar refractivity (Wildman–Crippen MR) is 88.2 cm³/mol. The maximum atomic E-state index is 13.8. The van der Waals surface area contributed by atoms with Gasteiger partial charge in [-0.05, 0) is 53.8 Å².